The highest BCUT2D eigenvalue weighted by Gasteiger charge is 2.26. The molecule has 3 rings (SSSR count). The maximum absolute atomic E-state index is 6.36. The van der Waals surface area contributed by atoms with Gasteiger partial charge in [0.2, 0.25) is 0 Å². The van der Waals surface area contributed by atoms with Gasteiger partial charge in [-0.05, 0) is 41.7 Å². The van der Waals surface area contributed by atoms with Crippen molar-refractivity contribution in [3.63, 3.8) is 0 Å². The van der Waals surface area contributed by atoms with Crippen molar-refractivity contribution in [2.24, 2.45) is 5.73 Å². The van der Waals surface area contributed by atoms with Gasteiger partial charge in [0.05, 0.1) is 0 Å². The molecule has 0 bridgehead atoms. The first-order valence-electron chi connectivity index (χ1n) is 7.10. The number of allylic oxidation sites excluding steroid dienone is 1. The summed E-state index contributed by atoms with van der Waals surface area (Å²) >= 11 is 12.4. The summed E-state index contributed by atoms with van der Waals surface area (Å²) in [6.07, 6.45) is 4.03. The van der Waals surface area contributed by atoms with Crippen LogP contribution in [0.2, 0.25) is 10.0 Å². The Labute approximate surface area is 135 Å². The second-order valence-corrected chi connectivity index (χ2v) is 6.32. The van der Waals surface area contributed by atoms with Gasteiger partial charge in [-0.2, -0.15) is 0 Å². The summed E-state index contributed by atoms with van der Waals surface area (Å²) in [7, 11) is 0. The minimum atomic E-state index is 0.0936. The Bertz CT molecular complexity index is 664. The lowest BCUT2D eigenvalue weighted by Gasteiger charge is -2.30. The van der Waals surface area contributed by atoms with Crippen molar-refractivity contribution in [2.75, 3.05) is 0 Å². The van der Waals surface area contributed by atoms with E-state index in [1.807, 2.05) is 18.2 Å². The van der Waals surface area contributed by atoms with Crippen LogP contribution >= 0.6 is 23.2 Å². The number of benzene rings is 2. The van der Waals surface area contributed by atoms with Gasteiger partial charge in [0.15, 0.2) is 0 Å². The molecule has 0 heterocycles. The van der Waals surface area contributed by atoms with E-state index in [9.17, 15) is 0 Å². The van der Waals surface area contributed by atoms with E-state index in [-0.39, 0.29) is 12.0 Å². The predicted molar refractivity (Wildman–Crippen MR) is 90.8 cm³/mol. The third-order valence-electron chi connectivity index (χ3n) is 4.10. The van der Waals surface area contributed by atoms with Crippen LogP contribution in [0.25, 0.3) is 5.57 Å². The minimum Gasteiger partial charge on any atom is -0.327 e. The molecule has 0 amide bonds. The largest absolute Gasteiger partial charge is 0.327 e. The lowest BCUT2D eigenvalue weighted by Crippen LogP contribution is -2.30. The van der Waals surface area contributed by atoms with E-state index in [0.717, 1.165) is 18.4 Å². The first kappa shape index (κ1) is 14.6. The highest BCUT2D eigenvalue weighted by Crippen LogP contribution is 2.39. The number of nitrogens with two attached hydrogens (primary N) is 1. The van der Waals surface area contributed by atoms with Gasteiger partial charge >= 0.3 is 0 Å². The van der Waals surface area contributed by atoms with E-state index in [2.05, 4.69) is 30.3 Å². The van der Waals surface area contributed by atoms with E-state index >= 15 is 0 Å². The second-order valence-electron chi connectivity index (χ2n) is 5.47. The number of hydrogen-bond donors (Lipinski definition) is 1. The van der Waals surface area contributed by atoms with Crippen molar-refractivity contribution >= 4 is 28.8 Å². The molecule has 1 aliphatic rings. The summed E-state index contributed by atoms with van der Waals surface area (Å²) in [5.74, 6) is 0.231. The molecule has 2 atom stereocenters. The van der Waals surface area contributed by atoms with Crippen molar-refractivity contribution in [3.8, 4) is 0 Å². The zero-order chi connectivity index (χ0) is 14.8. The van der Waals surface area contributed by atoms with Crippen molar-refractivity contribution in [3.05, 3.63) is 75.8 Å². The Hall–Kier alpha value is -1.28. The smallest absolute Gasteiger partial charge is 0.0456 e. The molecule has 21 heavy (non-hydrogen) atoms. The number of halogens is 2. The highest BCUT2D eigenvalue weighted by atomic mass is 35.5. The highest BCUT2D eigenvalue weighted by molar-refractivity contribution is 6.35. The molecule has 0 fully saturated rings. The van der Waals surface area contributed by atoms with Gasteiger partial charge < -0.3 is 5.73 Å². The molecule has 0 spiro atoms. The zero-order valence-electron chi connectivity index (χ0n) is 11.6. The lowest BCUT2D eigenvalue weighted by atomic mass is 9.78. The zero-order valence-corrected chi connectivity index (χ0v) is 13.1. The van der Waals surface area contributed by atoms with Crippen molar-refractivity contribution in [1.29, 1.82) is 0 Å². The molecular formula is C18H17Cl2N. The normalized spacial score (nSPS) is 22.0. The van der Waals surface area contributed by atoms with Gasteiger partial charge in [-0.3, -0.25) is 0 Å². The van der Waals surface area contributed by atoms with Gasteiger partial charge in [-0.15, -0.1) is 0 Å². The Morgan fingerprint density at radius 3 is 2.48 bits per heavy atom. The molecule has 2 aromatic rings. The summed E-state index contributed by atoms with van der Waals surface area (Å²) in [5, 5.41) is 1.37. The van der Waals surface area contributed by atoms with Crippen LogP contribution in [0.1, 0.15) is 29.9 Å². The van der Waals surface area contributed by atoms with E-state index < -0.39 is 0 Å². The number of hydrogen-bond acceptors (Lipinski definition) is 1. The Morgan fingerprint density at radius 1 is 1.00 bits per heavy atom. The Kier molecular flexibility index (Phi) is 4.34. The standard InChI is InChI=1S/C18H17Cl2N/c19-14-7-8-15(17(20)11-14)16-10-13(6-9-18(16)21)12-4-2-1-3-5-12/h1-8,11,16,18H,9-10,21H2. The molecule has 108 valence electrons. The summed E-state index contributed by atoms with van der Waals surface area (Å²) in [5.41, 5.74) is 10.0. The fourth-order valence-corrected chi connectivity index (χ4v) is 3.49. The SMILES string of the molecule is NC1CC=C(c2ccccc2)CC1c1ccc(Cl)cc1Cl. The summed E-state index contributed by atoms with van der Waals surface area (Å²) in [6.45, 7) is 0. The molecule has 0 aliphatic heterocycles. The fourth-order valence-electron chi connectivity index (χ4n) is 2.94. The van der Waals surface area contributed by atoms with E-state index in [4.69, 9.17) is 28.9 Å². The van der Waals surface area contributed by atoms with Crippen LogP contribution in [0.5, 0.6) is 0 Å². The maximum Gasteiger partial charge on any atom is 0.0456 e. The van der Waals surface area contributed by atoms with Crippen LogP contribution in [0.15, 0.2) is 54.6 Å². The summed E-state index contributed by atoms with van der Waals surface area (Å²) < 4.78 is 0. The third kappa shape index (κ3) is 3.16. The average Bonchev–Trinajstić information content (AvgIpc) is 2.49. The Morgan fingerprint density at radius 2 is 1.76 bits per heavy atom. The van der Waals surface area contributed by atoms with Crippen LogP contribution in [0.3, 0.4) is 0 Å². The molecule has 2 N–H and O–H groups in total. The van der Waals surface area contributed by atoms with Gasteiger partial charge in [0.25, 0.3) is 0 Å². The fraction of sp³-hybridized carbons (Fsp3) is 0.222. The van der Waals surface area contributed by atoms with E-state index in [1.165, 1.54) is 11.1 Å². The van der Waals surface area contributed by atoms with E-state index in [1.54, 1.807) is 6.07 Å². The molecule has 3 heteroatoms. The van der Waals surface area contributed by atoms with Gasteiger partial charge in [-0.1, -0.05) is 65.7 Å². The second kappa shape index (κ2) is 6.23. The van der Waals surface area contributed by atoms with Crippen molar-refractivity contribution in [2.45, 2.75) is 24.8 Å². The average molecular weight is 318 g/mol. The maximum atomic E-state index is 6.36. The molecule has 0 saturated heterocycles. The summed E-state index contributed by atoms with van der Waals surface area (Å²) in [6, 6.07) is 16.2. The van der Waals surface area contributed by atoms with Gasteiger partial charge in [-0.25, -0.2) is 0 Å². The molecule has 1 nitrogen and oxygen atoms in total. The first-order chi connectivity index (χ1) is 10.1. The molecular weight excluding hydrogens is 301 g/mol. The molecule has 0 saturated carbocycles. The number of rotatable bonds is 2. The van der Waals surface area contributed by atoms with Gasteiger partial charge in [0.1, 0.15) is 0 Å². The quantitative estimate of drug-likeness (QED) is 0.801. The topological polar surface area (TPSA) is 26.0 Å². The summed E-state index contributed by atoms with van der Waals surface area (Å²) in [4.78, 5) is 0. The molecule has 2 unspecified atom stereocenters. The predicted octanol–water partition coefficient (Wildman–Crippen LogP) is 5.28. The van der Waals surface area contributed by atoms with Crippen molar-refractivity contribution in [1.82, 2.24) is 0 Å². The van der Waals surface area contributed by atoms with Gasteiger partial charge in [0, 0.05) is 22.0 Å². The molecule has 0 aromatic heterocycles. The van der Waals surface area contributed by atoms with Crippen LogP contribution in [0.4, 0.5) is 0 Å². The van der Waals surface area contributed by atoms with Crippen molar-refractivity contribution < 1.29 is 0 Å². The molecule has 2 aromatic carbocycles. The minimum absolute atomic E-state index is 0.0936. The first-order valence-corrected chi connectivity index (χ1v) is 7.85. The molecule has 0 radical (unpaired) electrons. The van der Waals surface area contributed by atoms with Crippen LogP contribution in [0, 0.1) is 0 Å². The third-order valence-corrected chi connectivity index (χ3v) is 4.66. The van der Waals surface area contributed by atoms with Crippen LogP contribution in [-0.2, 0) is 0 Å². The Balaban J connectivity index is 1.92. The van der Waals surface area contributed by atoms with E-state index in [0.29, 0.717) is 10.0 Å². The molecule has 1 aliphatic carbocycles. The van der Waals surface area contributed by atoms with Crippen LogP contribution in [-0.4, -0.2) is 6.04 Å². The monoisotopic (exact) mass is 317 g/mol. The van der Waals surface area contributed by atoms with Crippen LogP contribution < -0.4 is 5.73 Å². The lowest BCUT2D eigenvalue weighted by molar-refractivity contribution is 0.529.